The minimum absolute atomic E-state index is 0.301. The Hall–Kier alpha value is -3.01. The Labute approximate surface area is 198 Å². The van der Waals surface area contributed by atoms with Crippen LogP contribution >= 0.6 is 0 Å². The lowest BCUT2D eigenvalue weighted by molar-refractivity contribution is -0.140. The van der Waals surface area contributed by atoms with Crippen LogP contribution in [0.4, 0.5) is 4.79 Å². The van der Waals surface area contributed by atoms with Crippen LogP contribution in [0.15, 0.2) is 18.2 Å². The van der Waals surface area contributed by atoms with E-state index in [4.69, 9.17) is 11.2 Å². The zero-order chi connectivity index (χ0) is 25.7. The molecule has 0 aliphatic carbocycles. The van der Waals surface area contributed by atoms with Crippen LogP contribution in [-0.2, 0) is 14.3 Å². The average Bonchev–Trinajstić information content (AvgIpc) is 2.61. The highest BCUT2D eigenvalue weighted by atomic mass is 16.6. The normalized spacial score (nSPS) is 13.5. The number of hydrogen-bond donors (Lipinski definition) is 2. The van der Waals surface area contributed by atoms with E-state index in [9.17, 15) is 14.4 Å². The fraction of sp³-hybridized carbons (Fsp3) is 0.577. The van der Waals surface area contributed by atoms with Crippen molar-refractivity contribution in [1.29, 1.82) is 0 Å². The third-order valence-electron chi connectivity index (χ3n) is 4.80. The number of ether oxygens (including phenoxy) is 1. The van der Waals surface area contributed by atoms with Crippen molar-refractivity contribution in [2.75, 3.05) is 0 Å². The highest BCUT2D eigenvalue weighted by Crippen LogP contribution is 2.29. The van der Waals surface area contributed by atoms with Gasteiger partial charge in [-0.2, -0.15) is 0 Å². The first-order chi connectivity index (χ1) is 15.0. The maximum atomic E-state index is 13.7. The van der Waals surface area contributed by atoms with E-state index in [2.05, 4.69) is 16.7 Å². The summed E-state index contributed by atoms with van der Waals surface area (Å²) >= 11 is 0. The molecule has 0 bridgehead atoms. The Balaban J connectivity index is 3.50. The molecular formula is C26H39N3O4. The van der Waals surface area contributed by atoms with Crippen molar-refractivity contribution >= 4 is 17.9 Å². The maximum Gasteiger partial charge on any atom is 0.408 e. The summed E-state index contributed by atoms with van der Waals surface area (Å²) < 4.78 is 5.33. The van der Waals surface area contributed by atoms with Gasteiger partial charge >= 0.3 is 6.09 Å². The van der Waals surface area contributed by atoms with Crippen molar-refractivity contribution in [2.45, 2.75) is 92.5 Å². The van der Waals surface area contributed by atoms with Crippen molar-refractivity contribution in [1.82, 2.24) is 15.5 Å². The van der Waals surface area contributed by atoms with Gasteiger partial charge in [0.2, 0.25) is 5.91 Å². The standard InChI is InChI=1S/C26H39N3O4/c1-12-29(23(31)20(16(2)3)27-24(32)33-26(9,10)11)21(22(30)28-25(6,7)8)19-17(4)14-13-15-18(19)5/h1,13-16,20-21H,2-11H3,(H,27,32)(H,28,30). The third-order valence-corrected chi connectivity index (χ3v) is 4.80. The van der Waals surface area contributed by atoms with Gasteiger partial charge in [-0.1, -0.05) is 38.5 Å². The molecule has 3 amide bonds. The summed E-state index contributed by atoms with van der Waals surface area (Å²) in [6.45, 7) is 18.1. The molecule has 0 radical (unpaired) electrons. The molecule has 2 N–H and O–H groups in total. The smallest absolute Gasteiger partial charge is 0.408 e. The number of nitrogens with zero attached hydrogens (tertiary/aromatic N) is 1. The van der Waals surface area contributed by atoms with Gasteiger partial charge in [-0.05, 0) is 78.0 Å². The molecule has 182 valence electrons. The van der Waals surface area contributed by atoms with Gasteiger partial charge < -0.3 is 15.4 Å². The molecular weight excluding hydrogens is 418 g/mol. The summed E-state index contributed by atoms with van der Waals surface area (Å²) in [6.07, 6.45) is 5.09. The second kappa shape index (κ2) is 10.7. The number of benzene rings is 1. The van der Waals surface area contributed by atoms with Gasteiger partial charge in [0, 0.05) is 11.6 Å². The summed E-state index contributed by atoms with van der Waals surface area (Å²) in [5.74, 6) is -1.26. The molecule has 1 aromatic rings. The van der Waals surface area contributed by atoms with Gasteiger partial charge in [0.15, 0.2) is 0 Å². The van der Waals surface area contributed by atoms with E-state index < -0.39 is 41.1 Å². The molecule has 2 unspecified atom stereocenters. The first kappa shape index (κ1) is 28.0. The topological polar surface area (TPSA) is 87.7 Å². The molecule has 0 heterocycles. The largest absolute Gasteiger partial charge is 0.444 e. The lowest BCUT2D eigenvalue weighted by Gasteiger charge is -2.34. The summed E-state index contributed by atoms with van der Waals surface area (Å²) in [4.78, 5) is 40.6. The Kier molecular flexibility index (Phi) is 9.12. The number of rotatable bonds is 6. The van der Waals surface area contributed by atoms with Crippen molar-refractivity contribution in [2.24, 2.45) is 5.92 Å². The zero-order valence-electron chi connectivity index (χ0n) is 21.6. The number of amides is 3. The molecule has 0 aliphatic heterocycles. The minimum Gasteiger partial charge on any atom is -0.444 e. The highest BCUT2D eigenvalue weighted by molar-refractivity contribution is 5.94. The number of aryl methyl sites for hydroxylation is 2. The number of terminal acetylenes is 1. The minimum atomic E-state index is -1.07. The van der Waals surface area contributed by atoms with Crippen LogP contribution in [0.5, 0.6) is 0 Å². The van der Waals surface area contributed by atoms with Crippen LogP contribution in [0.3, 0.4) is 0 Å². The zero-order valence-corrected chi connectivity index (χ0v) is 21.6. The van der Waals surface area contributed by atoms with Crippen LogP contribution in [-0.4, -0.2) is 40.0 Å². The predicted octanol–water partition coefficient (Wildman–Crippen LogP) is 4.23. The summed E-state index contributed by atoms with van der Waals surface area (Å²) in [5, 5.41) is 5.57. The fourth-order valence-electron chi connectivity index (χ4n) is 3.44. The number of alkyl carbamates (subject to hydrolysis) is 1. The summed E-state index contributed by atoms with van der Waals surface area (Å²) in [5.41, 5.74) is 1.05. The fourth-order valence-corrected chi connectivity index (χ4v) is 3.44. The van der Waals surface area contributed by atoms with Gasteiger partial charge in [-0.3, -0.25) is 14.5 Å². The molecule has 0 fully saturated rings. The lowest BCUT2D eigenvalue weighted by Crippen LogP contribution is -2.55. The van der Waals surface area contributed by atoms with Crippen molar-refractivity contribution in [3.8, 4) is 12.5 Å². The van der Waals surface area contributed by atoms with Crippen LogP contribution in [0, 0.1) is 32.2 Å². The first-order valence-corrected chi connectivity index (χ1v) is 11.2. The highest BCUT2D eigenvalue weighted by Gasteiger charge is 2.39. The summed E-state index contributed by atoms with van der Waals surface area (Å²) in [7, 11) is 0. The number of carbonyl (C=O) groups excluding carboxylic acids is 3. The molecule has 7 nitrogen and oxygen atoms in total. The van der Waals surface area contributed by atoms with Crippen LogP contribution < -0.4 is 10.6 Å². The molecule has 1 aromatic carbocycles. The Bertz CT molecular complexity index is 897. The third kappa shape index (κ3) is 8.12. The van der Waals surface area contributed by atoms with E-state index in [1.165, 1.54) is 0 Å². The molecule has 2 atom stereocenters. The van der Waals surface area contributed by atoms with Crippen molar-refractivity contribution in [3.63, 3.8) is 0 Å². The van der Waals surface area contributed by atoms with E-state index in [1.54, 1.807) is 34.6 Å². The summed E-state index contributed by atoms with van der Waals surface area (Å²) in [6, 6.07) is 5.99. The maximum absolute atomic E-state index is 13.7. The SMILES string of the molecule is C#CN(C(=O)C(NC(=O)OC(C)(C)C)C(C)C)C(C(=O)NC(C)(C)C)c1c(C)cccc1C. The van der Waals surface area contributed by atoms with Gasteiger partial charge in [-0.25, -0.2) is 4.79 Å². The van der Waals surface area contributed by atoms with Gasteiger partial charge in [0.1, 0.15) is 17.7 Å². The van der Waals surface area contributed by atoms with Crippen LogP contribution in [0.25, 0.3) is 0 Å². The molecule has 1 rings (SSSR count). The monoisotopic (exact) mass is 457 g/mol. The molecule has 0 spiro atoms. The number of nitrogens with one attached hydrogen (secondary N) is 2. The second-order valence-corrected chi connectivity index (χ2v) is 10.7. The molecule has 33 heavy (non-hydrogen) atoms. The molecule has 7 heteroatoms. The predicted molar refractivity (Wildman–Crippen MR) is 130 cm³/mol. The van der Waals surface area contributed by atoms with Gasteiger partial charge in [0.25, 0.3) is 5.91 Å². The second-order valence-electron chi connectivity index (χ2n) is 10.7. The Morgan fingerprint density at radius 3 is 1.94 bits per heavy atom. The van der Waals surface area contributed by atoms with Gasteiger partial charge in [-0.15, -0.1) is 0 Å². The molecule has 0 saturated carbocycles. The van der Waals surface area contributed by atoms with E-state index >= 15 is 0 Å². The molecule has 0 aromatic heterocycles. The van der Waals surface area contributed by atoms with Crippen molar-refractivity contribution < 1.29 is 19.1 Å². The van der Waals surface area contributed by atoms with Crippen LogP contribution in [0.2, 0.25) is 0 Å². The average molecular weight is 458 g/mol. The van der Waals surface area contributed by atoms with Crippen LogP contribution in [0.1, 0.15) is 78.1 Å². The Morgan fingerprint density at radius 2 is 1.55 bits per heavy atom. The Morgan fingerprint density at radius 1 is 1.03 bits per heavy atom. The quantitative estimate of drug-likeness (QED) is 0.494. The van der Waals surface area contributed by atoms with E-state index in [-0.39, 0.29) is 5.92 Å². The number of carbonyl (C=O) groups is 3. The van der Waals surface area contributed by atoms with Crippen molar-refractivity contribution in [3.05, 3.63) is 34.9 Å². The number of hydrogen-bond acceptors (Lipinski definition) is 4. The van der Waals surface area contributed by atoms with E-state index in [0.717, 1.165) is 16.0 Å². The van der Waals surface area contributed by atoms with Gasteiger partial charge in [0.05, 0.1) is 0 Å². The first-order valence-electron chi connectivity index (χ1n) is 11.2. The van der Waals surface area contributed by atoms with E-state index in [1.807, 2.05) is 52.8 Å². The lowest BCUT2D eigenvalue weighted by atomic mass is 9.92. The molecule has 0 aliphatic rings. The molecule has 0 saturated heterocycles. The van der Waals surface area contributed by atoms with E-state index in [0.29, 0.717) is 5.56 Å².